The molecule has 1 aromatic rings. The molecule has 0 aliphatic carbocycles. The van der Waals surface area contributed by atoms with E-state index < -0.39 is 12.2 Å². The van der Waals surface area contributed by atoms with E-state index in [0.29, 0.717) is 0 Å². The Bertz CT molecular complexity index is 468. The molecular weight excluding hydrogens is 261 g/mol. The summed E-state index contributed by atoms with van der Waals surface area (Å²) in [4.78, 5) is 12.7. The van der Waals surface area contributed by atoms with Gasteiger partial charge in [0.15, 0.2) is 4.98 Å². The number of hydrogen-bond donors (Lipinski definition) is 0. The number of nitro benzene ring substituents is 1. The minimum absolute atomic E-state index is 0.107. The highest BCUT2D eigenvalue weighted by atomic mass is 19.5. The molecule has 0 radical (unpaired) electrons. The van der Waals surface area contributed by atoms with E-state index in [1.54, 1.807) is 0 Å². The number of diazo groups is 1. The van der Waals surface area contributed by atoms with Crippen LogP contribution in [0.15, 0.2) is 18.2 Å². The third-order valence-corrected chi connectivity index (χ3v) is 1.48. The van der Waals surface area contributed by atoms with Crippen LogP contribution in [-0.2, 0) is 0 Å². The average Bonchev–Trinajstić information content (AvgIpc) is 2.25. The van der Waals surface area contributed by atoms with Crippen molar-refractivity contribution >= 4 is 18.6 Å². The summed E-state index contributed by atoms with van der Waals surface area (Å²) in [5, 5.41) is 18.8. The SMILES string of the molecule is COc1cc([N+](=O)[O-])ccc1[N+]#N.F[B-](F)(F)F. The summed E-state index contributed by atoms with van der Waals surface area (Å²) in [5.41, 5.74) is 0.0531. The largest absolute Gasteiger partial charge is 0.673 e. The molecule has 0 unspecified atom stereocenters. The van der Waals surface area contributed by atoms with Crippen molar-refractivity contribution in [2.75, 3.05) is 7.11 Å². The van der Waals surface area contributed by atoms with Crippen molar-refractivity contribution in [1.82, 2.24) is 0 Å². The summed E-state index contributed by atoms with van der Waals surface area (Å²) in [6.07, 6.45) is 0. The van der Waals surface area contributed by atoms with Crippen molar-refractivity contribution in [2.24, 2.45) is 0 Å². The van der Waals surface area contributed by atoms with E-state index in [-0.39, 0.29) is 17.1 Å². The lowest BCUT2D eigenvalue weighted by atomic mass is 10.2. The molecule has 1 aromatic carbocycles. The molecule has 0 atom stereocenters. The van der Waals surface area contributed by atoms with Crippen LogP contribution in [0.4, 0.5) is 28.6 Å². The molecule has 0 N–H and O–H groups in total. The summed E-state index contributed by atoms with van der Waals surface area (Å²) in [5.74, 6) is 0.164. The Morgan fingerprint density at radius 3 is 2.22 bits per heavy atom. The van der Waals surface area contributed by atoms with E-state index in [2.05, 4.69) is 4.98 Å². The van der Waals surface area contributed by atoms with Gasteiger partial charge in [-0.25, -0.2) is 0 Å². The normalized spacial score (nSPS) is 9.78. The molecule has 0 aromatic heterocycles. The number of ether oxygens (including phenoxy) is 1. The summed E-state index contributed by atoms with van der Waals surface area (Å²) in [7, 11) is -4.66. The zero-order chi connectivity index (χ0) is 14.3. The Kier molecular flexibility index (Phi) is 5.54. The summed E-state index contributed by atoms with van der Waals surface area (Å²) < 4.78 is 43.8. The molecule has 0 spiro atoms. The molecule has 0 aliphatic rings. The van der Waals surface area contributed by atoms with Gasteiger partial charge in [0.25, 0.3) is 5.69 Å². The van der Waals surface area contributed by atoms with Gasteiger partial charge in [0.2, 0.25) is 11.1 Å². The highest BCUT2D eigenvalue weighted by molar-refractivity contribution is 6.50. The molecule has 6 nitrogen and oxygen atoms in total. The second kappa shape index (κ2) is 6.38. The topological polar surface area (TPSA) is 80.5 Å². The van der Waals surface area contributed by atoms with Crippen molar-refractivity contribution < 1.29 is 26.9 Å². The summed E-state index contributed by atoms with van der Waals surface area (Å²) >= 11 is 0. The van der Waals surface area contributed by atoms with Crippen LogP contribution in [-0.4, -0.2) is 19.3 Å². The predicted octanol–water partition coefficient (Wildman–Crippen LogP) is 3.39. The molecule has 11 heteroatoms. The van der Waals surface area contributed by atoms with Gasteiger partial charge >= 0.3 is 12.9 Å². The van der Waals surface area contributed by atoms with E-state index in [1.165, 1.54) is 25.3 Å². The maximum absolute atomic E-state index is 10.3. The number of methoxy groups -OCH3 is 1. The smallest absolute Gasteiger partial charge is 0.489 e. The van der Waals surface area contributed by atoms with Crippen molar-refractivity contribution in [3.63, 3.8) is 0 Å². The second-order valence-electron chi connectivity index (χ2n) is 2.71. The Morgan fingerprint density at radius 1 is 1.39 bits per heavy atom. The van der Waals surface area contributed by atoms with Gasteiger partial charge in [0, 0.05) is 12.1 Å². The minimum Gasteiger partial charge on any atom is -0.489 e. The Morgan fingerprint density at radius 2 is 1.89 bits per heavy atom. The number of nitrogens with zero attached hydrogens (tertiary/aromatic N) is 3. The maximum atomic E-state index is 10.3. The lowest BCUT2D eigenvalue weighted by molar-refractivity contribution is -0.384. The molecule has 1 rings (SSSR count). The Balaban J connectivity index is 0.000000494. The fourth-order valence-electron chi connectivity index (χ4n) is 0.862. The Hall–Kier alpha value is -2.38. The lowest BCUT2D eigenvalue weighted by Gasteiger charge is -1.94. The molecule has 0 aliphatic heterocycles. The van der Waals surface area contributed by atoms with Gasteiger partial charge in [-0.1, -0.05) is 0 Å². The van der Waals surface area contributed by atoms with E-state index in [1.807, 2.05) is 0 Å². The number of halogens is 4. The first-order chi connectivity index (χ1) is 8.19. The predicted molar refractivity (Wildman–Crippen MR) is 54.6 cm³/mol. The number of benzene rings is 1. The zero-order valence-corrected chi connectivity index (χ0v) is 8.89. The third-order valence-electron chi connectivity index (χ3n) is 1.48. The number of nitro groups is 1. The van der Waals surface area contributed by atoms with Crippen molar-refractivity contribution in [3.05, 3.63) is 33.3 Å². The van der Waals surface area contributed by atoms with Crippen molar-refractivity contribution in [2.45, 2.75) is 0 Å². The van der Waals surface area contributed by atoms with Crippen LogP contribution in [0.3, 0.4) is 0 Å². The number of non-ortho nitro benzene ring substituents is 1. The van der Waals surface area contributed by atoms with Crippen molar-refractivity contribution in [3.8, 4) is 5.75 Å². The summed E-state index contributed by atoms with van der Waals surface area (Å²) in [6, 6.07) is 3.73. The third kappa shape index (κ3) is 6.26. The van der Waals surface area contributed by atoms with Crippen LogP contribution in [0.5, 0.6) is 5.75 Å². The van der Waals surface area contributed by atoms with Crippen LogP contribution >= 0.6 is 0 Å². The van der Waals surface area contributed by atoms with Gasteiger partial charge in [-0.05, 0) is 0 Å². The molecular formula is C7H6BF4N3O3. The van der Waals surface area contributed by atoms with Gasteiger partial charge in [0.1, 0.15) is 0 Å². The molecule has 0 saturated carbocycles. The van der Waals surface area contributed by atoms with Gasteiger partial charge in [-0.15, -0.1) is 0 Å². The molecule has 0 heterocycles. The quantitative estimate of drug-likeness (QED) is 0.270. The first kappa shape index (κ1) is 15.6. The fraction of sp³-hybridized carbons (Fsp3) is 0.143. The number of rotatable bonds is 2. The monoisotopic (exact) mass is 267 g/mol. The zero-order valence-electron chi connectivity index (χ0n) is 8.89. The van der Waals surface area contributed by atoms with Crippen LogP contribution in [0.1, 0.15) is 0 Å². The van der Waals surface area contributed by atoms with Crippen LogP contribution in [0, 0.1) is 15.5 Å². The fourth-order valence-corrected chi connectivity index (χ4v) is 0.862. The van der Waals surface area contributed by atoms with Crippen LogP contribution in [0.2, 0.25) is 0 Å². The van der Waals surface area contributed by atoms with E-state index in [9.17, 15) is 27.4 Å². The van der Waals surface area contributed by atoms with Gasteiger partial charge in [-0.3, -0.25) is 10.1 Å². The van der Waals surface area contributed by atoms with Crippen LogP contribution in [0.25, 0.3) is 4.98 Å². The summed E-state index contributed by atoms with van der Waals surface area (Å²) in [6.45, 7) is 0. The average molecular weight is 267 g/mol. The molecule has 98 valence electrons. The lowest BCUT2D eigenvalue weighted by Crippen LogP contribution is -2.02. The molecule has 0 fully saturated rings. The molecule has 0 bridgehead atoms. The van der Waals surface area contributed by atoms with E-state index in [4.69, 9.17) is 10.1 Å². The molecule has 0 saturated heterocycles. The van der Waals surface area contributed by atoms with Crippen molar-refractivity contribution in [1.29, 1.82) is 5.39 Å². The minimum atomic E-state index is -6.00. The Labute approximate surface area is 98.0 Å². The first-order valence-electron chi connectivity index (χ1n) is 4.24. The second-order valence-corrected chi connectivity index (χ2v) is 2.71. The van der Waals surface area contributed by atoms with E-state index in [0.717, 1.165) is 0 Å². The van der Waals surface area contributed by atoms with Gasteiger partial charge in [0.05, 0.1) is 18.1 Å². The van der Waals surface area contributed by atoms with Crippen LogP contribution < -0.4 is 4.74 Å². The van der Waals surface area contributed by atoms with Gasteiger partial charge in [-0.2, -0.15) is 0 Å². The molecule has 0 amide bonds. The number of hydrogen-bond acceptors (Lipinski definition) is 4. The molecule has 18 heavy (non-hydrogen) atoms. The van der Waals surface area contributed by atoms with Gasteiger partial charge < -0.3 is 22.0 Å². The van der Waals surface area contributed by atoms with E-state index >= 15 is 0 Å². The maximum Gasteiger partial charge on any atom is 0.673 e. The first-order valence-corrected chi connectivity index (χ1v) is 4.24. The highest BCUT2D eigenvalue weighted by Gasteiger charge is 2.20. The standard InChI is InChI=1S/C7H6N3O3.BF4/c1-13-7-4-5(10(11)12)2-3-6(7)9-8;2-1(3,4)5/h2-4H,1H3;/q+1;-1. The highest BCUT2D eigenvalue weighted by Crippen LogP contribution is 2.30.